The van der Waals surface area contributed by atoms with Crippen LogP contribution < -0.4 is 10.2 Å². The lowest BCUT2D eigenvalue weighted by atomic mass is 10.2. The summed E-state index contributed by atoms with van der Waals surface area (Å²) in [5, 5.41) is 3.35. The second-order valence-corrected chi connectivity index (χ2v) is 5.70. The van der Waals surface area contributed by atoms with Gasteiger partial charge in [0.15, 0.2) is 0 Å². The summed E-state index contributed by atoms with van der Waals surface area (Å²) in [6, 6.07) is 1.85. The van der Waals surface area contributed by atoms with E-state index in [4.69, 9.17) is 0 Å². The first kappa shape index (κ1) is 16.6. The Morgan fingerprint density at radius 3 is 2.65 bits per heavy atom. The SMILES string of the molecule is C=CCN(c1ncc(F)cc1CNCC(C)C)C(C)C. The average Bonchev–Trinajstić information content (AvgIpc) is 2.36. The van der Waals surface area contributed by atoms with Gasteiger partial charge < -0.3 is 10.2 Å². The fraction of sp³-hybridized carbons (Fsp3) is 0.562. The Morgan fingerprint density at radius 1 is 1.40 bits per heavy atom. The highest BCUT2D eigenvalue weighted by Gasteiger charge is 2.15. The van der Waals surface area contributed by atoms with E-state index in [-0.39, 0.29) is 11.9 Å². The highest BCUT2D eigenvalue weighted by Crippen LogP contribution is 2.20. The van der Waals surface area contributed by atoms with E-state index in [1.807, 2.05) is 6.08 Å². The van der Waals surface area contributed by atoms with Crippen molar-refractivity contribution in [3.8, 4) is 0 Å². The lowest BCUT2D eigenvalue weighted by molar-refractivity contribution is 0.547. The largest absolute Gasteiger partial charge is 0.350 e. The highest BCUT2D eigenvalue weighted by atomic mass is 19.1. The van der Waals surface area contributed by atoms with E-state index in [0.29, 0.717) is 19.0 Å². The average molecular weight is 279 g/mol. The van der Waals surface area contributed by atoms with E-state index in [2.05, 4.69) is 49.5 Å². The maximum absolute atomic E-state index is 13.5. The third-order valence-electron chi connectivity index (χ3n) is 3.00. The Hall–Kier alpha value is -1.42. The minimum Gasteiger partial charge on any atom is -0.350 e. The second kappa shape index (κ2) is 8.00. The number of anilines is 1. The van der Waals surface area contributed by atoms with Gasteiger partial charge in [-0.05, 0) is 32.4 Å². The number of pyridine rings is 1. The lowest BCUT2D eigenvalue weighted by Crippen LogP contribution is -2.33. The lowest BCUT2D eigenvalue weighted by Gasteiger charge is -2.28. The van der Waals surface area contributed by atoms with Crippen molar-refractivity contribution >= 4 is 5.82 Å². The third-order valence-corrected chi connectivity index (χ3v) is 3.00. The summed E-state index contributed by atoms with van der Waals surface area (Å²) < 4.78 is 13.5. The van der Waals surface area contributed by atoms with Crippen molar-refractivity contribution in [3.63, 3.8) is 0 Å². The fourth-order valence-corrected chi connectivity index (χ4v) is 2.04. The van der Waals surface area contributed by atoms with Crippen LogP contribution in [0.25, 0.3) is 0 Å². The summed E-state index contributed by atoms with van der Waals surface area (Å²) in [6.45, 7) is 14.5. The van der Waals surface area contributed by atoms with E-state index in [9.17, 15) is 4.39 Å². The van der Waals surface area contributed by atoms with Crippen LogP contribution >= 0.6 is 0 Å². The molecule has 0 bridgehead atoms. The van der Waals surface area contributed by atoms with Gasteiger partial charge in [-0.3, -0.25) is 0 Å². The van der Waals surface area contributed by atoms with Crippen LogP contribution in [0.15, 0.2) is 24.9 Å². The number of halogens is 1. The van der Waals surface area contributed by atoms with Crippen LogP contribution in [0.3, 0.4) is 0 Å². The van der Waals surface area contributed by atoms with Crippen LogP contribution in [0.5, 0.6) is 0 Å². The maximum Gasteiger partial charge on any atom is 0.141 e. The van der Waals surface area contributed by atoms with Crippen LogP contribution in [0.4, 0.5) is 10.2 Å². The minimum atomic E-state index is -0.294. The Kier molecular flexibility index (Phi) is 6.65. The van der Waals surface area contributed by atoms with Gasteiger partial charge in [0.2, 0.25) is 0 Å². The van der Waals surface area contributed by atoms with Crippen molar-refractivity contribution < 1.29 is 4.39 Å². The van der Waals surface area contributed by atoms with Crippen molar-refractivity contribution in [2.45, 2.75) is 40.3 Å². The number of hydrogen-bond acceptors (Lipinski definition) is 3. The van der Waals surface area contributed by atoms with E-state index in [0.717, 1.165) is 17.9 Å². The van der Waals surface area contributed by atoms with Crippen LogP contribution in [-0.2, 0) is 6.54 Å². The molecule has 1 rings (SSSR count). The van der Waals surface area contributed by atoms with E-state index in [1.54, 1.807) is 6.07 Å². The summed E-state index contributed by atoms with van der Waals surface area (Å²) >= 11 is 0. The molecule has 0 unspecified atom stereocenters. The van der Waals surface area contributed by atoms with Crippen LogP contribution in [0.2, 0.25) is 0 Å². The monoisotopic (exact) mass is 279 g/mol. The predicted molar refractivity (Wildman–Crippen MR) is 83.4 cm³/mol. The Labute approximate surface area is 121 Å². The zero-order chi connectivity index (χ0) is 15.1. The molecular weight excluding hydrogens is 253 g/mol. The van der Waals surface area contributed by atoms with Gasteiger partial charge in [-0.25, -0.2) is 9.37 Å². The molecule has 0 aliphatic heterocycles. The normalized spacial score (nSPS) is 11.2. The van der Waals surface area contributed by atoms with Gasteiger partial charge >= 0.3 is 0 Å². The molecule has 20 heavy (non-hydrogen) atoms. The van der Waals surface area contributed by atoms with E-state index in [1.165, 1.54) is 6.20 Å². The number of hydrogen-bond donors (Lipinski definition) is 1. The van der Waals surface area contributed by atoms with Crippen molar-refractivity contribution in [3.05, 3.63) is 36.3 Å². The van der Waals surface area contributed by atoms with Gasteiger partial charge in [0.05, 0.1) is 6.20 Å². The molecule has 1 N–H and O–H groups in total. The molecule has 0 radical (unpaired) electrons. The summed E-state index contributed by atoms with van der Waals surface area (Å²) in [6.07, 6.45) is 3.12. The topological polar surface area (TPSA) is 28.2 Å². The molecule has 0 aliphatic rings. The third kappa shape index (κ3) is 4.93. The second-order valence-electron chi connectivity index (χ2n) is 5.70. The molecule has 3 nitrogen and oxygen atoms in total. The Balaban J connectivity index is 2.95. The molecular formula is C16H26FN3. The van der Waals surface area contributed by atoms with Gasteiger partial charge in [0.25, 0.3) is 0 Å². The molecule has 1 aromatic heterocycles. The summed E-state index contributed by atoms with van der Waals surface area (Å²) in [5.41, 5.74) is 0.890. The Bertz CT molecular complexity index is 430. The molecule has 0 saturated heterocycles. The smallest absolute Gasteiger partial charge is 0.141 e. The fourth-order valence-electron chi connectivity index (χ4n) is 2.04. The van der Waals surface area contributed by atoms with Crippen molar-refractivity contribution in [1.29, 1.82) is 0 Å². The molecule has 0 amide bonds. The van der Waals surface area contributed by atoms with Gasteiger partial charge in [0, 0.05) is 24.7 Å². The zero-order valence-electron chi connectivity index (χ0n) is 13.0. The first-order valence-corrected chi connectivity index (χ1v) is 7.18. The molecule has 0 fully saturated rings. The van der Waals surface area contributed by atoms with Crippen molar-refractivity contribution in [2.75, 3.05) is 18.0 Å². The first-order valence-electron chi connectivity index (χ1n) is 7.18. The maximum atomic E-state index is 13.5. The predicted octanol–water partition coefficient (Wildman–Crippen LogP) is 3.37. The van der Waals surface area contributed by atoms with Gasteiger partial charge in [-0.15, -0.1) is 6.58 Å². The minimum absolute atomic E-state index is 0.287. The summed E-state index contributed by atoms with van der Waals surface area (Å²) in [4.78, 5) is 6.40. The standard InChI is InChI=1S/C16H26FN3/c1-6-7-20(13(4)5)16-14(8-15(17)11-19-16)10-18-9-12(2)3/h6,8,11-13,18H,1,7,9-10H2,2-5H3. The van der Waals surface area contributed by atoms with Gasteiger partial charge in [0.1, 0.15) is 11.6 Å². The van der Waals surface area contributed by atoms with Crippen LogP contribution in [0, 0.1) is 11.7 Å². The molecule has 1 heterocycles. The molecule has 1 aromatic rings. The number of nitrogens with zero attached hydrogens (tertiary/aromatic N) is 2. The van der Waals surface area contributed by atoms with Crippen molar-refractivity contribution in [1.82, 2.24) is 10.3 Å². The summed E-state index contributed by atoms with van der Waals surface area (Å²) in [7, 11) is 0. The summed E-state index contributed by atoms with van der Waals surface area (Å²) in [5.74, 6) is 1.10. The number of rotatable bonds is 8. The molecule has 0 saturated carbocycles. The molecule has 112 valence electrons. The van der Waals surface area contributed by atoms with E-state index >= 15 is 0 Å². The van der Waals surface area contributed by atoms with Gasteiger partial charge in [-0.2, -0.15) is 0 Å². The van der Waals surface area contributed by atoms with Crippen molar-refractivity contribution in [2.24, 2.45) is 5.92 Å². The molecule has 0 aliphatic carbocycles. The Morgan fingerprint density at radius 2 is 2.10 bits per heavy atom. The van der Waals surface area contributed by atoms with Crippen LogP contribution in [0.1, 0.15) is 33.3 Å². The molecule has 4 heteroatoms. The zero-order valence-corrected chi connectivity index (χ0v) is 13.0. The van der Waals surface area contributed by atoms with E-state index < -0.39 is 0 Å². The number of aromatic nitrogens is 1. The quantitative estimate of drug-likeness (QED) is 0.740. The molecule has 0 spiro atoms. The molecule has 0 atom stereocenters. The first-order chi connectivity index (χ1) is 9.45. The van der Waals surface area contributed by atoms with Gasteiger partial charge in [-0.1, -0.05) is 19.9 Å². The highest BCUT2D eigenvalue weighted by molar-refractivity contribution is 5.48. The van der Waals surface area contributed by atoms with Crippen LogP contribution in [-0.4, -0.2) is 24.1 Å². The molecule has 0 aromatic carbocycles. The number of nitrogens with one attached hydrogen (secondary N) is 1.